The minimum atomic E-state index is -0.453. The van der Waals surface area contributed by atoms with E-state index in [1.165, 1.54) is 13.2 Å². The van der Waals surface area contributed by atoms with Gasteiger partial charge in [0.05, 0.1) is 18.4 Å². The Bertz CT molecular complexity index is 353. The van der Waals surface area contributed by atoms with E-state index in [1.807, 2.05) is 14.1 Å². The molecule has 1 aromatic carbocycles. The van der Waals surface area contributed by atoms with Crippen LogP contribution in [0.15, 0.2) is 18.2 Å². The van der Waals surface area contributed by atoms with Gasteiger partial charge in [-0.1, -0.05) is 0 Å². The largest absolute Gasteiger partial charge is 0.506 e. The molecule has 84 valence electrons. The van der Waals surface area contributed by atoms with Gasteiger partial charge in [0.15, 0.2) is 0 Å². The molecular formula is C10H14ClNO3. The third kappa shape index (κ3) is 3.02. The predicted octanol–water partition coefficient (Wildman–Crippen LogP) is 1.67. The van der Waals surface area contributed by atoms with E-state index in [9.17, 15) is 9.90 Å². The molecule has 1 N–H and O–H groups in total. The normalized spacial score (nSPS) is 9.00. The van der Waals surface area contributed by atoms with Gasteiger partial charge in [0.1, 0.15) is 5.75 Å². The van der Waals surface area contributed by atoms with Gasteiger partial charge in [0.25, 0.3) is 0 Å². The first-order valence-electron chi connectivity index (χ1n) is 4.15. The minimum Gasteiger partial charge on any atom is -0.506 e. The molecule has 0 atom stereocenters. The SMILES string of the molecule is COC(=O)c1ccc(N(C)C)c(O)c1.Cl. The van der Waals surface area contributed by atoms with Gasteiger partial charge in [-0.15, -0.1) is 12.4 Å². The molecule has 0 spiro atoms. The highest BCUT2D eigenvalue weighted by Gasteiger charge is 2.09. The Labute approximate surface area is 94.9 Å². The molecule has 5 heteroatoms. The Morgan fingerprint density at radius 2 is 2.00 bits per heavy atom. The fourth-order valence-electron chi connectivity index (χ4n) is 1.15. The maximum absolute atomic E-state index is 11.1. The van der Waals surface area contributed by atoms with Gasteiger partial charge in [-0.2, -0.15) is 0 Å². The van der Waals surface area contributed by atoms with Gasteiger partial charge in [-0.3, -0.25) is 0 Å². The van der Waals surface area contributed by atoms with Crippen molar-refractivity contribution in [2.75, 3.05) is 26.1 Å². The second kappa shape index (κ2) is 5.46. The molecular weight excluding hydrogens is 218 g/mol. The number of aromatic hydroxyl groups is 1. The fourth-order valence-corrected chi connectivity index (χ4v) is 1.15. The van der Waals surface area contributed by atoms with Gasteiger partial charge in [0, 0.05) is 14.1 Å². The van der Waals surface area contributed by atoms with Crippen LogP contribution >= 0.6 is 12.4 Å². The number of phenols is 1. The molecule has 0 radical (unpaired) electrons. The highest BCUT2D eigenvalue weighted by atomic mass is 35.5. The average Bonchev–Trinajstić information content (AvgIpc) is 2.15. The molecule has 0 aliphatic rings. The summed E-state index contributed by atoms with van der Waals surface area (Å²) in [5.74, 6) is -0.386. The number of hydrogen-bond donors (Lipinski definition) is 1. The van der Waals surface area contributed by atoms with Gasteiger partial charge < -0.3 is 14.7 Å². The molecule has 0 saturated carbocycles. The number of nitrogens with zero attached hydrogens (tertiary/aromatic N) is 1. The van der Waals surface area contributed by atoms with Crippen molar-refractivity contribution in [2.45, 2.75) is 0 Å². The van der Waals surface area contributed by atoms with Crippen molar-refractivity contribution >= 4 is 24.1 Å². The lowest BCUT2D eigenvalue weighted by atomic mass is 10.2. The van der Waals surface area contributed by atoms with E-state index in [0.717, 1.165) is 0 Å². The lowest BCUT2D eigenvalue weighted by Crippen LogP contribution is -2.09. The molecule has 0 unspecified atom stereocenters. The van der Waals surface area contributed by atoms with Crippen LogP contribution in [0.1, 0.15) is 10.4 Å². The van der Waals surface area contributed by atoms with E-state index in [2.05, 4.69) is 4.74 Å². The number of hydrogen-bond acceptors (Lipinski definition) is 4. The third-order valence-corrected chi connectivity index (χ3v) is 1.88. The topological polar surface area (TPSA) is 49.8 Å². The smallest absolute Gasteiger partial charge is 0.337 e. The van der Waals surface area contributed by atoms with Gasteiger partial charge in [-0.25, -0.2) is 4.79 Å². The molecule has 0 aliphatic carbocycles. The van der Waals surface area contributed by atoms with E-state index in [-0.39, 0.29) is 18.2 Å². The first kappa shape index (κ1) is 13.6. The van der Waals surface area contributed by atoms with Crippen LogP contribution in [0, 0.1) is 0 Å². The fraction of sp³-hybridized carbons (Fsp3) is 0.300. The van der Waals surface area contributed by atoms with E-state index in [1.54, 1.807) is 17.0 Å². The molecule has 15 heavy (non-hydrogen) atoms. The summed E-state index contributed by atoms with van der Waals surface area (Å²) in [6, 6.07) is 4.67. The van der Waals surface area contributed by atoms with E-state index in [0.29, 0.717) is 11.3 Å². The number of carbonyl (C=O) groups excluding carboxylic acids is 1. The summed E-state index contributed by atoms with van der Waals surface area (Å²) in [6.45, 7) is 0. The zero-order chi connectivity index (χ0) is 10.7. The van der Waals surface area contributed by atoms with Crippen molar-refractivity contribution in [3.8, 4) is 5.75 Å². The summed E-state index contributed by atoms with van der Waals surface area (Å²) in [6.07, 6.45) is 0. The number of anilines is 1. The number of ether oxygens (including phenoxy) is 1. The van der Waals surface area contributed by atoms with Crippen LogP contribution in [-0.2, 0) is 4.74 Å². The lowest BCUT2D eigenvalue weighted by molar-refractivity contribution is 0.0600. The molecule has 0 bridgehead atoms. The number of methoxy groups -OCH3 is 1. The quantitative estimate of drug-likeness (QED) is 0.787. The Morgan fingerprint density at radius 3 is 2.40 bits per heavy atom. The van der Waals surface area contributed by atoms with Crippen LogP contribution in [0.3, 0.4) is 0 Å². The molecule has 0 saturated heterocycles. The molecule has 0 aliphatic heterocycles. The number of benzene rings is 1. The van der Waals surface area contributed by atoms with Crippen molar-refractivity contribution in [2.24, 2.45) is 0 Å². The van der Waals surface area contributed by atoms with Crippen molar-refractivity contribution in [1.82, 2.24) is 0 Å². The summed E-state index contributed by atoms with van der Waals surface area (Å²) in [4.78, 5) is 12.9. The summed E-state index contributed by atoms with van der Waals surface area (Å²) < 4.78 is 4.53. The number of esters is 1. The van der Waals surface area contributed by atoms with Crippen molar-refractivity contribution in [3.63, 3.8) is 0 Å². The van der Waals surface area contributed by atoms with Gasteiger partial charge in [0.2, 0.25) is 0 Å². The molecule has 0 aromatic heterocycles. The van der Waals surface area contributed by atoms with Crippen LogP contribution in [0.5, 0.6) is 5.75 Å². The molecule has 1 rings (SSSR count). The zero-order valence-electron chi connectivity index (χ0n) is 8.85. The van der Waals surface area contributed by atoms with E-state index < -0.39 is 5.97 Å². The lowest BCUT2D eigenvalue weighted by Gasteiger charge is -2.14. The second-order valence-corrected chi connectivity index (χ2v) is 3.09. The second-order valence-electron chi connectivity index (χ2n) is 3.09. The van der Waals surface area contributed by atoms with Crippen molar-refractivity contribution in [1.29, 1.82) is 0 Å². The number of phenolic OH excluding ortho intramolecular Hbond substituents is 1. The van der Waals surface area contributed by atoms with E-state index in [4.69, 9.17) is 0 Å². The first-order chi connectivity index (χ1) is 6.56. The van der Waals surface area contributed by atoms with Crippen LogP contribution in [0.25, 0.3) is 0 Å². The molecule has 0 heterocycles. The average molecular weight is 232 g/mol. The standard InChI is InChI=1S/C10H13NO3.ClH/c1-11(2)8-5-4-7(6-9(8)12)10(13)14-3;/h4-6,12H,1-3H3;1H. The highest BCUT2D eigenvalue weighted by molar-refractivity contribution is 5.90. The molecule has 4 nitrogen and oxygen atoms in total. The van der Waals surface area contributed by atoms with Gasteiger partial charge >= 0.3 is 5.97 Å². The highest BCUT2D eigenvalue weighted by Crippen LogP contribution is 2.26. The van der Waals surface area contributed by atoms with Crippen LogP contribution < -0.4 is 4.90 Å². The summed E-state index contributed by atoms with van der Waals surface area (Å²) in [5.41, 5.74) is 1.01. The molecule has 0 fully saturated rings. The maximum atomic E-state index is 11.1. The minimum absolute atomic E-state index is 0. The first-order valence-corrected chi connectivity index (χ1v) is 4.15. The number of halogens is 1. The Morgan fingerprint density at radius 1 is 1.40 bits per heavy atom. The Hall–Kier alpha value is -1.42. The Balaban J connectivity index is 0.00000196. The molecule has 1 aromatic rings. The third-order valence-electron chi connectivity index (χ3n) is 1.88. The predicted molar refractivity (Wildman–Crippen MR) is 61.0 cm³/mol. The Kier molecular flexibility index (Phi) is 4.94. The maximum Gasteiger partial charge on any atom is 0.337 e. The van der Waals surface area contributed by atoms with Crippen molar-refractivity contribution < 1.29 is 14.6 Å². The van der Waals surface area contributed by atoms with Crippen LogP contribution in [0.4, 0.5) is 5.69 Å². The van der Waals surface area contributed by atoms with Crippen LogP contribution in [-0.4, -0.2) is 32.3 Å². The van der Waals surface area contributed by atoms with Gasteiger partial charge in [-0.05, 0) is 18.2 Å². The van der Waals surface area contributed by atoms with Crippen molar-refractivity contribution in [3.05, 3.63) is 23.8 Å². The summed E-state index contributed by atoms with van der Waals surface area (Å²) >= 11 is 0. The van der Waals surface area contributed by atoms with E-state index >= 15 is 0 Å². The van der Waals surface area contributed by atoms with Crippen LogP contribution in [0.2, 0.25) is 0 Å². The number of carbonyl (C=O) groups is 1. The molecule has 0 amide bonds. The monoisotopic (exact) mass is 231 g/mol. The summed E-state index contributed by atoms with van der Waals surface area (Å²) in [5, 5.41) is 9.56. The number of rotatable bonds is 2. The zero-order valence-corrected chi connectivity index (χ0v) is 9.67. The summed E-state index contributed by atoms with van der Waals surface area (Å²) in [7, 11) is 4.93.